The number of aliphatic hydroxyl groups is 2. The Kier molecular flexibility index (Phi) is 10.8. The van der Waals surface area contributed by atoms with Crippen LogP contribution in [0, 0.1) is 22.7 Å². The van der Waals surface area contributed by atoms with Gasteiger partial charge in [0.1, 0.15) is 6.10 Å². The summed E-state index contributed by atoms with van der Waals surface area (Å²) in [6.07, 6.45) is -0.248. The lowest BCUT2D eigenvalue weighted by Gasteiger charge is -2.62. The summed E-state index contributed by atoms with van der Waals surface area (Å²) in [5, 5.41) is 56.8. The molecule has 16 nitrogen and oxygen atoms in total. The number of hydrogen-bond donors (Lipinski definition) is 6. The Labute approximate surface area is 263 Å². The number of nitrogens with zero attached hydrogens (tertiary/aromatic N) is 2. The molecule has 3 saturated carbocycles. The lowest BCUT2D eigenvalue weighted by Crippen LogP contribution is -2.70. The van der Waals surface area contributed by atoms with Gasteiger partial charge in [0.2, 0.25) is 11.4 Å². The average molecular weight is 661 g/mol. The molecule has 0 saturated heterocycles. The molecule has 17 heteroatoms. The number of ether oxygens (including phenoxy) is 2. The number of halogens is 1. The monoisotopic (exact) mass is 660 g/mol. The first kappa shape index (κ1) is 36.1. The van der Waals surface area contributed by atoms with Crippen molar-refractivity contribution >= 4 is 23.5 Å². The Balaban J connectivity index is 1.63. The largest absolute Gasteiger partial charge is 0.457 e. The minimum atomic E-state index is -2.37. The van der Waals surface area contributed by atoms with Gasteiger partial charge in [0.25, 0.3) is 0 Å². The Morgan fingerprint density at radius 3 is 2.17 bits per heavy atom. The molecular weight excluding hydrogens is 619 g/mol. The highest BCUT2D eigenvalue weighted by Crippen LogP contribution is 2.70. The third kappa shape index (κ3) is 6.28. The Morgan fingerprint density at radius 1 is 0.957 bits per heavy atom. The van der Waals surface area contributed by atoms with Crippen LogP contribution >= 0.6 is 0 Å². The summed E-state index contributed by atoms with van der Waals surface area (Å²) in [5.74, 6) is -4.88. The van der Waals surface area contributed by atoms with Crippen LogP contribution < -0.4 is 0 Å². The Bertz CT molecular complexity index is 1260. The number of carbonyl (C=O) groups excluding carboxylic acids is 4. The zero-order valence-electron chi connectivity index (χ0n) is 25.5. The molecule has 4 aliphatic carbocycles. The van der Waals surface area contributed by atoms with Gasteiger partial charge < -0.3 is 19.7 Å². The first-order chi connectivity index (χ1) is 21.5. The zero-order valence-corrected chi connectivity index (χ0v) is 25.5. The molecule has 0 spiro atoms. The highest BCUT2D eigenvalue weighted by Gasteiger charge is 2.78. The van der Waals surface area contributed by atoms with Gasteiger partial charge in [-0.2, -0.15) is 0 Å². The number of hydrogen-bond acceptors (Lipinski definition) is 16. The Hall–Kier alpha value is -2.71. The number of fused-ring (bicyclic) bond motifs is 5. The van der Waals surface area contributed by atoms with E-state index in [1.165, 1.54) is 25.2 Å². The van der Waals surface area contributed by atoms with E-state index in [0.29, 0.717) is 12.0 Å². The van der Waals surface area contributed by atoms with Crippen molar-refractivity contribution in [3.8, 4) is 0 Å². The highest BCUT2D eigenvalue weighted by atomic mass is 19.1. The standard InChI is InChI=1S/C29H41FN2O14/c1-26-10-9-18(33)13-17(26)7-8-19-20-14-21(34)29(27(20,2)15-22(35)28(19,26)30,46-25(38)6-4-12-45-32(41)42)23(36)16-43-24(37)5-3-11-44-31(39)40/h9-10,13,19-22,34-35,39-42H,3-8,11-12,14-16H2,1-2H3/t19?,20?,21-,22+,26+,27+,28+,29+/m1/s1. The zero-order chi connectivity index (χ0) is 34.1. The van der Waals surface area contributed by atoms with Crippen molar-refractivity contribution in [2.75, 3.05) is 19.8 Å². The summed E-state index contributed by atoms with van der Waals surface area (Å²) >= 11 is 0. The summed E-state index contributed by atoms with van der Waals surface area (Å²) in [4.78, 5) is 60.5. The molecule has 0 heterocycles. The summed E-state index contributed by atoms with van der Waals surface area (Å²) in [5.41, 5.74) is -7.03. The predicted octanol–water partition coefficient (Wildman–Crippen LogP) is 1.31. The molecule has 0 aromatic rings. The van der Waals surface area contributed by atoms with Gasteiger partial charge in [-0.1, -0.05) is 18.6 Å². The SMILES string of the molecule is C[C@]12C=CC(=O)C=C1CCC1C3C[C@@H](O)[C@](OC(=O)CCCON(O)O)(C(=O)COC(=O)CCCON(O)O)[C@@]3(C)C[C@H](O)[C@@]12F. The van der Waals surface area contributed by atoms with Crippen molar-refractivity contribution in [1.82, 2.24) is 10.8 Å². The fraction of sp³-hybridized carbons (Fsp3) is 0.724. The molecule has 0 amide bonds. The number of carbonyl (C=O) groups is 4. The van der Waals surface area contributed by atoms with E-state index < -0.39 is 94.1 Å². The van der Waals surface area contributed by atoms with Gasteiger partial charge in [-0.3, -0.25) is 49.7 Å². The van der Waals surface area contributed by atoms with Gasteiger partial charge in [-0.25, -0.2) is 4.39 Å². The fourth-order valence-corrected chi connectivity index (χ4v) is 8.24. The molecule has 0 aromatic heterocycles. The lowest BCUT2D eigenvalue weighted by molar-refractivity contribution is -0.492. The first-order valence-corrected chi connectivity index (χ1v) is 15.0. The third-order valence-corrected chi connectivity index (χ3v) is 10.3. The van der Waals surface area contributed by atoms with E-state index in [1.54, 1.807) is 6.92 Å². The smallest absolute Gasteiger partial charge is 0.306 e. The molecule has 2 unspecified atom stereocenters. The maximum absolute atomic E-state index is 17.5. The summed E-state index contributed by atoms with van der Waals surface area (Å²) < 4.78 is 28.5. The van der Waals surface area contributed by atoms with Gasteiger partial charge in [-0.15, -0.1) is 0 Å². The van der Waals surface area contributed by atoms with Crippen molar-refractivity contribution in [2.45, 2.75) is 88.7 Å². The van der Waals surface area contributed by atoms with Crippen LogP contribution in [0.2, 0.25) is 0 Å². The van der Waals surface area contributed by atoms with E-state index in [1.807, 2.05) is 0 Å². The molecule has 4 rings (SSSR count). The number of esters is 2. The second kappa shape index (κ2) is 13.8. The average Bonchev–Trinajstić information content (AvgIpc) is 3.19. The summed E-state index contributed by atoms with van der Waals surface area (Å²) in [7, 11) is 0. The molecule has 0 aromatic carbocycles. The molecule has 8 atom stereocenters. The fourth-order valence-electron chi connectivity index (χ4n) is 8.24. The van der Waals surface area contributed by atoms with Crippen molar-refractivity contribution in [3.05, 3.63) is 23.8 Å². The van der Waals surface area contributed by atoms with Crippen LogP contribution in [0.3, 0.4) is 0 Å². The van der Waals surface area contributed by atoms with E-state index in [9.17, 15) is 29.4 Å². The van der Waals surface area contributed by atoms with Crippen molar-refractivity contribution in [1.29, 1.82) is 0 Å². The van der Waals surface area contributed by atoms with Crippen LogP contribution in [-0.4, -0.2) is 109 Å². The van der Waals surface area contributed by atoms with Gasteiger partial charge in [-0.05, 0) is 63.5 Å². The number of Topliss-reactive ketones (excluding diaryl/α,β-unsaturated/α-hetero) is 1. The van der Waals surface area contributed by atoms with Gasteiger partial charge >= 0.3 is 11.9 Å². The van der Waals surface area contributed by atoms with Crippen LogP contribution in [0.4, 0.5) is 4.39 Å². The van der Waals surface area contributed by atoms with Crippen LogP contribution in [0.1, 0.15) is 65.2 Å². The molecule has 6 N–H and O–H groups in total. The minimum Gasteiger partial charge on any atom is -0.457 e. The number of aliphatic hydroxyl groups excluding tert-OH is 2. The molecule has 46 heavy (non-hydrogen) atoms. The molecule has 0 bridgehead atoms. The second-order valence-electron chi connectivity index (χ2n) is 12.7. The number of allylic oxidation sites excluding steroid dienone is 4. The molecule has 4 aliphatic rings. The highest BCUT2D eigenvalue weighted by molar-refractivity contribution is 6.01. The van der Waals surface area contributed by atoms with Crippen molar-refractivity contribution < 1.29 is 73.8 Å². The third-order valence-electron chi connectivity index (χ3n) is 10.3. The predicted molar refractivity (Wildman–Crippen MR) is 146 cm³/mol. The van der Waals surface area contributed by atoms with Crippen LogP contribution in [0.5, 0.6) is 0 Å². The molecule has 258 valence electrons. The van der Waals surface area contributed by atoms with E-state index in [-0.39, 0.29) is 51.1 Å². The number of ketones is 2. The van der Waals surface area contributed by atoms with Crippen LogP contribution in [-0.2, 0) is 38.3 Å². The molecule has 0 radical (unpaired) electrons. The quantitative estimate of drug-likeness (QED) is 0.0875. The summed E-state index contributed by atoms with van der Waals surface area (Å²) in [6, 6.07) is 0. The number of alkyl halides is 1. The van der Waals surface area contributed by atoms with E-state index >= 15 is 4.39 Å². The summed E-state index contributed by atoms with van der Waals surface area (Å²) in [6.45, 7) is 1.60. The number of rotatable bonds is 14. The van der Waals surface area contributed by atoms with Crippen molar-refractivity contribution in [2.24, 2.45) is 22.7 Å². The van der Waals surface area contributed by atoms with Crippen LogP contribution in [0.25, 0.3) is 0 Å². The van der Waals surface area contributed by atoms with Gasteiger partial charge in [0.15, 0.2) is 18.1 Å². The normalized spacial score (nSPS) is 36.6. The maximum atomic E-state index is 17.5. The molecular formula is C29H41FN2O14. The van der Waals surface area contributed by atoms with E-state index in [2.05, 4.69) is 9.68 Å². The minimum absolute atomic E-state index is 0.0178. The molecule has 3 fully saturated rings. The van der Waals surface area contributed by atoms with Gasteiger partial charge in [0, 0.05) is 29.6 Å². The Morgan fingerprint density at radius 2 is 1.57 bits per heavy atom. The van der Waals surface area contributed by atoms with E-state index in [0.717, 1.165) is 0 Å². The topological polar surface area (TPSA) is 233 Å². The van der Waals surface area contributed by atoms with Crippen molar-refractivity contribution in [3.63, 3.8) is 0 Å². The van der Waals surface area contributed by atoms with E-state index in [4.69, 9.17) is 30.3 Å². The van der Waals surface area contributed by atoms with Crippen LogP contribution in [0.15, 0.2) is 23.8 Å². The maximum Gasteiger partial charge on any atom is 0.306 e. The first-order valence-electron chi connectivity index (χ1n) is 15.0. The van der Waals surface area contributed by atoms with Gasteiger partial charge in [0.05, 0.1) is 30.1 Å². The second-order valence-corrected chi connectivity index (χ2v) is 12.7. The molecule has 0 aliphatic heterocycles. The lowest BCUT2D eigenvalue weighted by atomic mass is 9.44.